The van der Waals surface area contributed by atoms with Crippen molar-refractivity contribution in [2.24, 2.45) is 0 Å². The van der Waals surface area contributed by atoms with Gasteiger partial charge in [-0.1, -0.05) is 6.07 Å². The minimum Gasteiger partial charge on any atom is -0.483 e. The highest BCUT2D eigenvalue weighted by Crippen LogP contribution is 2.28. The lowest BCUT2D eigenvalue weighted by Crippen LogP contribution is -2.44. The molecule has 1 aromatic carbocycles. The number of anilines is 1. The first-order chi connectivity index (χ1) is 14.1. The molecular weight excluding hydrogens is 376 g/mol. The van der Waals surface area contributed by atoms with Crippen LogP contribution in [0.2, 0.25) is 0 Å². The Morgan fingerprint density at radius 2 is 1.62 bits per heavy atom. The maximum absolute atomic E-state index is 8.36. The smallest absolute Gasteiger partial charge is 0.290 e. The van der Waals surface area contributed by atoms with Gasteiger partial charge >= 0.3 is 0 Å². The summed E-state index contributed by atoms with van der Waals surface area (Å²) in [6, 6.07) is 8.24. The van der Waals surface area contributed by atoms with Crippen LogP contribution in [0.25, 0.3) is 22.0 Å². The molecule has 1 fully saturated rings. The molecule has 0 saturated carbocycles. The van der Waals surface area contributed by atoms with Gasteiger partial charge in [0.25, 0.3) is 12.9 Å². The topological polar surface area (TPSA) is 133 Å². The summed E-state index contributed by atoms with van der Waals surface area (Å²) in [4.78, 5) is 30.4. The second-order valence-corrected chi connectivity index (χ2v) is 6.06. The zero-order valence-electron chi connectivity index (χ0n) is 15.9. The molecule has 2 N–H and O–H groups in total. The monoisotopic (exact) mass is 398 g/mol. The molecule has 1 aliphatic rings. The molecule has 0 bridgehead atoms. The molecule has 0 spiro atoms. The molecule has 0 aliphatic carbocycles. The number of carboxylic acid groups (broad SMARTS) is 2. The normalized spacial score (nSPS) is 13.5. The molecule has 0 atom stereocenters. The predicted octanol–water partition coefficient (Wildman–Crippen LogP) is 1.24. The number of fused-ring (bicyclic) bond motifs is 1. The fourth-order valence-corrected chi connectivity index (χ4v) is 2.95. The highest BCUT2D eigenvalue weighted by molar-refractivity contribution is 5.92. The highest BCUT2D eigenvalue weighted by atomic mass is 16.3. The summed E-state index contributed by atoms with van der Waals surface area (Å²) in [5.74, 6) is 1.02. The van der Waals surface area contributed by atoms with Crippen molar-refractivity contribution in [2.75, 3.05) is 38.1 Å². The van der Waals surface area contributed by atoms with Crippen molar-refractivity contribution in [3.05, 3.63) is 43.0 Å². The molecule has 29 heavy (non-hydrogen) atoms. The van der Waals surface area contributed by atoms with Crippen LogP contribution in [0, 0.1) is 0 Å². The number of nitrogens with zero attached hydrogens (tertiary/aromatic N) is 6. The minimum absolute atomic E-state index is 0.250. The molecule has 2 aromatic heterocycles. The van der Waals surface area contributed by atoms with Crippen LogP contribution >= 0.6 is 0 Å². The van der Waals surface area contributed by atoms with Crippen molar-refractivity contribution in [3.63, 3.8) is 0 Å². The SMILES string of the molecule is CN1CCN(c2ncnc3ccc(-c4ccnnc4)cc23)CC1.O=CO.O=CO. The average molecular weight is 398 g/mol. The highest BCUT2D eigenvalue weighted by Gasteiger charge is 2.18. The van der Waals surface area contributed by atoms with Gasteiger partial charge in [-0.05, 0) is 30.8 Å². The van der Waals surface area contributed by atoms with Gasteiger partial charge in [-0.2, -0.15) is 10.2 Å². The minimum atomic E-state index is -0.250. The third-order valence-corrected chi connectivity index (χ3v) is 4.33. The van der Waals surface area contributed by atoms with E-state index < -0.39 is 0 Å². The summed E-state index contributed by atoms with van der Waals surface area (Å²) < 4.78 is 0. The summed E-state index contributed by atoms with van der Waals surface area (Å²) in [6.45, 7) is 3.59. The van der Waals surface area contributed by atoms with Crippen molar-refractivity contribution in [3.8, 4) is 11.1 Å². The van der Waals surface area contributed by atoms with E-state index in [0.29, 0.717) is 0 Å². The van der Waals surface area contributed by atoms with E-state index in [2.05, 4.69) is 49.1 Å². The van der Waals surface area contributed by atoms with E-state index in [9.17, 15) is 0 Å². The van der Waals surface area contributed by atoms with Gasteiger partial charge in [0.05, 0.1) is 17.9 Å². The molecule has 4 rings (SSSR count). The van der Waals surface area contributed by atoms with Gasteiger partial charge in [0.1, 0.15) is 12.1 Å². The van der Waals surface area contributed by atoms with Crippen molar-refractivity contribution in [1.29, 1.82) is 0 Å². The average Bonchev–Trinajstić information content (AvgIpc) is 2.75. The first-order valence-corrected chi connectivity index (χ1v) is 8.75. The van der Waals surface area contributed by atoms with E-state index in [1.807, 2.05) is 12.1 Å². The molecule has 1 saturated heterocycles. The standard InChI is InChI=1S/C17H18N6.2CH2O2/c1-22-6-8-23(9-7-22)17-15-10-13(14-4-5-20-21-11-14)2-3-16(15)18-12-19-17;2*2-1-3/h2-5,10-12H,6-9H2,1H3;2*1H,(H,2,3). The van der Waals surface area contributed by atoms with Gasteiger partial charge in [0.2, 0.25) is 0 Å². The Morgan fingerprint density at radius 1 is 0.931 bits per heavy atom. The lowest BCUT2D eigenvalue weighted by atomic mass is 10.1. The van der Waals surface area contributed by atoms with Gasteiger partial charge in [-0.15, -0.1) is 0 Å². The van der Waals surface area contributed by atoms with Crippen LogP contribution in [0.1, 0.15) is 0 Å². The van der Waals surface area contributed by atoms with Gasteiger partial charge in [-0.3, -0.25) is 9.59 Å². The number of rotatable bonds is 2. The number of piperazine rings is 1. The summed E-state index contributed by atoms with van der Waals surface area (Å²) >= 11 is 0. The molecule has 0 amide bonds. The summed E-state index contributed by atoms with van der Waals surface area (Å²) in [7, 11) is 2.16. The van der Waals surface area contributed by atoms with Crippen molar-refractivity contribution < 1.29 is 19.8 Å². The van der Waals surface area contributed by atoms with E-state index in [1.165, 1.54) is 0 Å². The van der Waals surface area contributed by atoms with Gasteiger partial charge in [-0.25, -0.2) is 9.97 Å². The van der Waals surface area contributed by atoms with Crippen LogP contribution in [-0.2, 0) is 9.59 Å². The zero-order valence-corrected chi connectivity index (χ0v) is 15.9. The number of likely N-dealkylation sites (N-methyl/N-ethyl adjacent to an activating group) is 1. The number of hydrogen-bond acceptors (Lipinski definition) is 8. The van der Waals surface area contributed by atoms with Gasteiger partial charge < -0.3 is 20.0 Å². The third kappa shape index (κ3) is 5.91. The Bertz CT molecular complexity index is 911. The maximum Gasteiger partial charge on any atom is 0.290 e. The third-order valence-electron chi connectivity index (χ3n) is 4.33. The Hall–Kier alpha value is -3.66. The number of benzene rings is 1. The molecule has 0 unspecified atom stereocenters. The van der Waals surface area contributed by atoms with Crippen LogP contribution in [-0.4, -0.2) is 81.4 Å². The van der Waals surface area contributed by atoms with Crippen LogP contribution < -0.4 is 4.90 Å². The molecule has 0 radical (unpaired) electrons. The molecule has 10 nitrogen and oxygen atoms in total. The quantitative estimate of drug-likeness (QED) is 0.607. The summed E-state index contributed by atoms with van der Waals surface area (Å²) in [6.07, 6.45) is 5.15. The first kappa shape index (κ1) is 21.6. The Morgan fingerprint density at radius 3 is 2.24 bits per heavy atom. The van der Waals surface area contributed by atoms with Crippen molar-refractivity contribution in [2.45, 2.75) is 0 Å². The summed E-state index contributed by atoms with van der Waals surface area (Å²) in [5.41, 5.74) is 3.13. The Balaban J connectivity index is 0.000000449. The number of aromatic nitrogens is 4. The molecular formula is C19H22N6O4. The summed E-state index contributed by atoms with van der Waals surface area (Å²) in [5, 5.41) is 22.7. The largest absolute Gasteiger partial charge is 0.483 e. The second kappa shape index (κ2) is 11.2. The van der Waals surface area contributed by atoms with E-state index >= 15 is 0 Å². The van der Waals surface area contributed by atoms with Gasteiger partial charge in [0, 0.05) is 37.1 Å². The van der Waals surface area contributed by atoms with Crippen LogP contribution in [0.5, 0.6) is 0 Å². The van der Waals surface area contributed by atoms with E-state index in [-0.39, 0.29) is 12.9 Å². The van der Waals surface area contributed by atoms with Crippen LogP contribution in [0.3, 0.4) is 0 Å². The van der Waals surface area contributed by atoms with E-state index in [1.54, 1.807) is 18.7 Å². The molecule has 1 aliphatic heterocycles. The Labute approximate surface area is 167 Å². The van der Waals surface area contributed by atoms with E-state index in [0.717, 1.165) is 54.0 Å². The fourth-order valence-electron chi connectivity index (χ4n) is 2.95. The molecule has 10 heteroatoms. The molecule has 152 valence electrons. The Kier molecular flexibility index (Phi) is 8.39. The van der Waals surface area contributed by atoms with E-state index in [4.69, 9.17) is 19.8 Å². The molecule has 3 aromatic rings. The number of hydrogen-bond donors (Lipinski definition) is 2. The first-order valence-electron chi connectivity index (χ1n) is 8.75. The van der Waals surface area contributed by atoms with Crippen LogP contribution in [0.4, 0.5) is 5.82 Å². The predicted molar refractivity (Wildman–Crippen MR) is 108 cm³/mol. The lowest BCUT2D eigenvalue weighted by molar-refractivity contribution is -0.123. The van der Waals surface area contributed by atoms with Crippen molar-refractivity contribution in [1.82, 2.24) is 25.1 Å². The fraction of sp³-hybridized carbons (Fsp3) is 0.263. The van der Waals surface area contributed by atoms with Gasteiger partial charge in [0.15, 0.2) is 0 Å². The van der Waals surface area contributed by atoms with Crippen molar-refractivity contribution >= 4 is 29.7 Å². The zero-order chi connectivity index (χ0) is 21.1. The number of carbonyl (C=O) groups is 2. The maximum atomic E-state index is 8.36. The van der Waals surface area contributed by atoms with Crippen LogP contribution in [0.15, 0.2) is 43.0 Å². The molecule has 3 heterocycles. The lowest BCUT2D eigenvalue weighted by Gasteiger charge is -2.33. The second-order valence-electron chi connectivity index (χ2n) is 6.06.